The maximum atomic E-state index is 12.7. The monoisotopic (exact) mass is 395 g/mol. The van der Waals surface area contributed by atoms with E-state index in [9.17, 15) is 19.5 Å². The minimum atomic E-state index is -1.14. The van der Waals surface area contributed by atoms with E-state index in [0.29, 0.717) is 5.75 Å². The molecule has 5 N–H and O–H groups in total. The topological polar surface area (TPSA) is 122 Å². The summed E-state index contributed by atoms with van der Waals surface area (Å²) >= 11 is 4.02. The maximum Gasteiger partial charge on any atom is 0.326 e. The largest absolute Gasteiger partial charge is 0.480 e. The highest BCUT2D eigenvalue weighted by molar-refractivity contribution is 7.80. The van der Waals surface area contributed by atoms with Crippen LogP contribution in [0.2, 0.25) is 0 Å². The molecule has 1 rings (SSSR count). The van der Waals surface area contributed by atoms with E-state index in [1.807, 2.05) is 44.2 Å². The van der Waals surface area contributed by atoms with Crippen LogP contribution >= 0.6 is 12.6 Å². The summed E-state index contributed by atoms with van der Waals surface area (Å²) < 4.78 is 0. The molecular formula is C19H29N3O4S. The number of rotatable bonds is 11. The Morgan fingerprint density at radius 2 is 1.70 bits per heavy atom. The zero-order chi connectivity index (χ0) is 20.4. The molecule has 0 fully saturated rings. The van der Waals surface area contributed by atoms with Gasteiger partial charge in [0, 0.05) is 6.42 Å². The zero-order valence-electron chi connectivity index (χ0n) is 15.7. The Hall–Kier alpha value is -2.06. The van der Waals surface area contributed by atoms with Gasteiger partial charge in [0.25, 0.3) is 0 Å². The second kappa shape index (κ2) is 11.6. The Bertz CT molecular complexity index is 627. The lowest BCUT2D eigenvalue weighted by atomic mass is 9.98. The molecule has 0 spiro atoms. The lowest BCUT2D eigenvalue weighted by molar-refractivity contribution is -0.142. The summed E-state index contributed by atoms with van der Waals surface area (Å²) in [5.74, 6) is -1.86. The van der Waals surface area contributed by atoms with Gasteiger partial charge in [-0.1, -0.05) is 50.6 Å². The molecule has 8 heteroatoms. The summed E-state index contributed by atoms with van der Waals surface area (Å²) in [6, 6.07) is 6.46. The quantitative estimate of drug-likeness (QED) is 0.358. The first-order valence-electron chi connectivity index (χ1n) is 9.04. The number of aliphatic carboxylic acids is 1. The molecule has 150 valence electrons. The van der Waals surface area contributed by atoms with Crippen LogP contribution in [0.1, 0.15) is 32.3 Å². The smallest absolute Gasteiger partial charge is 0.326 e. The number of thiol groups is 1. The molecule has 0 aliphatic rings. The molecule has 0 saturated carbocycles. The molecule has 1 aromatic rings. The van der Waals surface area contributed by atoms with Crippen LogP contribution in [0.3, 0.4) is 0 Å². The van der Waals surface area contributed by atoms with E-state index in [-0.39, 0.29) is 18.8 Å². The van der Waals surface area contributed by atoms with Crippen molar-refractivity contribution in [2.75, 3.05) is 5.75 Å². The lowest BCUT2D eigenvalue weighted by Gasteiger charge is -2.24. The number of nitrogens with two attached hydrogens (primary N) is 1. The predicted octanol–water partition coefficient (Wildman–Crippen LogP) is 0.977. The zero-order valence-corrected chi connectivity index (χ0v) is 16.6. The fourth-order valence-corrected chi connectivity index (χ4v) is 2.76. The summed E-state index contributed by atoms with van der Waals surface area (Å²) in [5, 5.41) is 14.4. The second-order valence-electron chi connectivity index (χ2n) is 6.57. The summed E-state index contributed by atoms with van der Waals surface area (Å²) in [6.45, 7) is 3.80. The van der Waals surface area contributed by atoms with Gasteiger partial charge in [0.1, 0.15) is 12.1 Å². The number of hydrogen-bond acceptors (Lipinski definition) is 5. The minimum Gasteiger partial charge on any atom is -0.480 e. The Labute approximate surface area is 165 Å². The van der Waals surface area contributed by atoms with Crippen molar-refractivity contribution in [3.05, 3.63) is 35.9 Å². The summed E-state index contributed by atoms with van der Waals surface area (Å²) in [7, 11) is 0. The average molecular weight is 396 g/mol. The van der Waals surface area contributed by atoms with Gasteiger partial charge in [-0.25, -0.2) is 4.79 Å². The van der Waals surface area contributed by atoms with E-state index in [0.717, 1.165) is 12.0 Å². The van der Waals surface area contributed by atoms with Crippen LogP contribution in [0.4, 0.5) is 0 Å². The number of carboxylic acid groups (broad SMARTS) is 1. The van der Waals surface area contributed by atoms with Crippen LogP contribution in [0.25, 0.3) is 0 Å². The van der Waals surface area contributed by atoms with Crippen molar-refractivity contribution >= 4 is 30.4 Å². The minimum absolute atomic E-state index is 0.0404. The lowest BCUT2D eigenvalue weighted by Crippen LogP contribution is -2.56. The number of nitrogens with one attached hydrogen (secondary N) is 2. The van der Waals surface area contributed by atoms with Gasteiger partial charge in [0.05, 0.1) is 6.04 Å². The molecule has 27 heavy (non-hydrogen) atoms. The van der Waals surface area contributed by atoms with Crippen LogP contribution in [0.15, 0.2) is 30.3 Å². The fraction of sp³-hybridized carbons (Fsp3) is 0.526. The number of amides is 2. The van der Waals surface area contributed by atoms with Gasteiger partial charge in [-0.3, -0.25) is 9.59 Å². The van der Waals surface area contributed by atoms with Gasteiger partial charge < -0.3 is 21.5 Å². The van der Waals surface area contributed by atoms with Crippen molar-refractivity contribution in [1.82, 2.24) is 10.6 Å². The second-order valence-corrected chi connectivity index (χ2v) is 7.02. The van der Waals surface area contributed by atoms with Crippen LogP contribution in [0.5, 0.6) is 0 Å². The normalized spacial score (nSPS) is 15.3. The van der Waals surface area contributed by atoms with Gasteiger partial charge in [0.2, 0.25) is 11.8 Å². The van der Waals surface area contributed by atoms with E-state index in [4.69, 9.17) is 5.73 Å². The van der Waals surface area contributed by atoms with Gasteiger partial charge in [-0.05, 0) is 23.7 Å². The fourth-order valence-electron chi connectivity index (χ4n) is 2.50. The first-order valence-corrected chi connectivity index (χ1v) is 9.67. The van der Waals surface area contributed by atoms with Crippen molar-refractivity contribution in [1.29, 1.82) is 0 Å². The van der Waals surface area contributed by atoms with Crippen molar-refractivity contribution in [2.24, 2.45) is 11.7 Å². The Morgan fingerprint density at radius 3 is 2.22 bits per heavy atom. The molecule has 0 saturated heterocycles. The highest BCUT2D eigenvalue weighted by atomic mass is 32.1. The highest BCUT2D eigenvalue weighted by Gasteiger charge is 2.29. The standard InChI is InChI=1S/C19H29N3O4S/c1-3-12(2)16(20)18(24)22-15(11-13-7-5-4-6-8-13)17(23)21-14(9-10-27)19(25)26/h4-8,12,14-16,27H,3,9-11,20H2,1-2H3,(H,21,23)(H,22,24)(H,25,26)/t12-,14-,15-,16-/m0/s1. The molecule has 1 aromatic carbocycles. The SMILES string of the molecule is CC[C@H](C)[C@H](N)C(=O)N[C@@H](Cc1ccccc1)C(=O)N[C@@H](CCS)C(=O)O. The molecule has 0 heterocycles. The van der Waals surface area contributed by atoms with Crippen molar-refractivity contribution in [3.8, 4) is 0 Å². The number of benzene rings is 1. The Morgan fingerprint density at radius 1 is 1.11 bits per heavy atom. The number of hydrogen-bond donors (Lipinski definition) is 5. The van der Waals surface area contributed by atoms with E-state index >= 15 is 0 Å². The Kier molecular flexibility index (Phi) is 9.88. The third-order valence-corrected chi connectivity index (χ3v) is 4.77. The first kappa shape index (κ1) is 23.0. The Balaban J connectivity index is 2.94. The van der Waals surface area contributed by atoms with Crippen LogP contribution in [-0.2, 0) is 20.8 Å². The third-order valence-electron chi connectivity index (χ3n) is 4.51. The van der Waals surface area contributed by atoms with Crippen LogP contribution in [-0.4, -0.2) is 46.8 Å². The summed E-state index contributed by atoms with van der Waals surface area (Å²) in [5.41, 5.74) is 6.81. The van der Waals surface area contributed by atoms with E-state index in [1.165, 1.54) is 0 Å². The van der Waals surface area contributed by atoms with E-state index < -0.39 is 35.9 Å². The number of carbonyl (C=O) groups excluding carboxylic acids is 2. The molecule has 7 nitrogen and oxygen atoms in total. The molecule has 0 radical (unpaired) electrons. The molecule has 4 atom stereocenters. The molecular weight excluding hydrogens is 366 g/mol. The van der Waals surface area contributed by atoms with Crippen molar-refractivity contribution < 1.29 is 19.5 Å². The molecule has 0 aliphatic carbocycles. The first-order chi connectivity index (χ1) is 12.8. The summed E-state index contributed by atoms with van der Waals surface area (Å²) in [4.78, 5) is 36.4. The molecule has 0 aromatic heterocycles. The predicted molar refractivity (Wildman–Crippen MR) is 108 cm³/mol. The van der Waals surface area contributed by atoms with Crippen molar-refractivity contribution in [2.45, 2.75) is 51.2 Å². The van der Waals surface area contributed by atoms with Crippen LogP contribution < -0.4 is 16.4 Å². The van der Waals surface area contributed by atoms with Gasteiger partial charge in [-0.15, -0.1) is 0 Å². The van der Waals surface area contributed by atoms with Gasteiger partial charge in [0.15, 0.2) is 0 Å². The third kappa shape index (κ3) is 7.60. The maximum absolute atomic E-state index is 12.7. The summed E-state index contributed by atoms with van der Waals surface area (Å²) in [6.07, 6.45) is 1.15. The van der Waals surface area contributed by atoms with Crippen molar-refractivity contribution in [3.63, 3.8) is 0 Å². The molecule has 0 aliphatic heterocycles. The number of carbonyl (C=O) groups is 3. The molecule has 2 amide bonds. The van der Waals surface area contributed by atoms with Crippen LogP contribution in [0, 0.1) is 5.92 Å². The van der Waals surface area contributed by atoms with Gasteiger partial charge >= 0.3 is 5.97 Å². The number of carboxylic acids is 1. The molecule has 0 bridgehead atoms. The highest BCUT2D eigenvalue weighted by Crippen LogP contribution is 2.08. The average Bonchev–Trinajstić information content (AvgIpc) is 2.66. The van der Waals surface area contributed by atoms with E-state index in [1.54, 1.807) is 0 Å². The van der Waals surface area contributed by atoms with E-state index in [2.05, 4.69) is 23.3 Å². The van der Waals surface area contributed by atoms with Gasteiger partial charge in [-0.2, -0.15) is 12.6 Å². The molecule has 0 unspecified atom stereocenters.